The molecule has 0 amide bonds. The Morgan fingerprint density at radius 1 is 1.19 bits per heavy atom. The zero-order valence-corrected chi connectivity index (χ0v) is 15.2. The highest BCUT2D eigenvalue weighted by molar-refractivity contribution is 8.14. The molecule has 140 valence electrons. The van der Waals surface area contributed by atoms with Crippen LogP contribution in [0.25, 0.3) is 6.08 Å². The van der Waals surface area contributed by atoms with Crippen molar-refractivity contribution >= 4 is 34.5 Å². The van der Waals surface area contributed by atoms with Crippen molar-refractivity contribution in [3.63, 3.8) is 0 Å². The van der Waals surface area contributed by atoms with Crippen molar-refractivity contribution in [2.75, 3.05) is 17.6 Å². The molecule has 1 aliphatic rings. The molecule has 0 bridgehead atoms. The number of carbonyl (C=O) groups excluding carboxylic acids is 1. The molecule has 0 saturated heterocycles. The van der Waals surface area contributed by atoms with Gasteiger partial charge in [0.05, 0.1) is 0 Å². The molecule has 0 aromatic heterocycles. The van der Waals surface area contributed by atoms with Gasteiger partial charge in [-0.1, -0.05) is 30.0 Å². The van der Waals surface area contributed by atoms with E-state index in [1.54, 1.807) is 42.1 Å². The molecule has 1 heterocycles. The Bertz CT molecular complexity index is 851. The van der Waals surface area contributed by atoms with Gasteiger partial charge in [0.2, 0.25) is 0 Å². The van der Waals surface area contributed by atoms with Crippen LogP contribution in [0.15, 0.2) is 59.6 Å². The molecule has 0 atom stereocenters. The summed E-state index contributed by atoms with van der Waals surface area (Å²) >= 11 is 1.68. The second-order valence-electron chi connectivity index (χ2n) is 5.71. The van der Waals surface area contributed by atoms with E-state index in [2.05, 4.69) is 15.0 Å². The highest BCUT2D eigenvalue weighted by Gasteiger charge is 2.09. The Labute approximate surface area is 160 Å². The Kier molecular flexibility index (Phi) is 6.59. The lowest BCUT2D eigenvalue weighted by Crippen LogP contribution is -2.13. The number of nitrogens with one attached hydrogen (secondary N) is 1. The third kappa shape index (κ3) is 5.65. The van der Waals surface area contributed by atoms with Crippen LogP contribution in [0.2, 0.25) is 0 Å². The molecule has 4 nitrogen and oxygen atoms in total. The first-order valence-electron chi connectivity index (χ1n) is 8.42. The number of benzene rings is 2. The summed E-state index contributed by atoms with van der Waals surface area (Å²) in [7, 11) is 0. The summed E-state index contributed by atoms with van der Waals surface area (Å²) in [5.74, 6) is 0.851. The van der Waals surface area contributed by atoms with Crippen molar-refractivity contribution in [1.29, 1.82) is 0 Å². The van der Waals surface area contributed by atoms with Crippen LogP contribution in [0.1, 0.15) is 22.3 Å². The highest BCUT2D eigenvalue weighted by atomic mass is 32.2. The monoisotopic (exact) mass is 388 g/mol. The number of para-hydroxylation sites is 1. The fourth-order valence-electron chi connectivity index (χ4n) is 2.46. The van der Waals surface area contributed by atoms with Gasteiger partial charge in [-0.3, -0.25) is 9.79 Å². The van der Waals surface area contributed by atoms with Gasteiger partial charge in [-0.05, 0) is 48.9 Å². The van der Waals surface area contributed by atoms with Crippen molar-refractivity contribution in [3.8, 4) is 5.75 Å². The second-order valence-corrected chi connectivity index (χ2v) is 6.79. The second kappa shape index (κ2) is 9.32. The lowest BCUT2D eigenvalue weighted by atomic mass is 10.1. The van der Waals surface area contributed by atoms with Crippen LogP contribution in [-0.2, 0) is 0 Å². The van der Waals surface area contributed by atoms with Crippen LogP contribution in [0.3, 0.4) is 0 Å². The van der Waals surface area contributed by atoms with Crippen LogP contribution < -0.4 is 10.1 Å². The first kappa shape index (κ1) is 19.1. The smallest absolute Gasteiger partial charge is 0.387 e. The Balaban J connectivity index is 1.66. The van der Waals surface area contributed by atoms with E-state index in [1.807, 2.05) is 12.1 Å². The summed E-state index contributed by atoms with van der Waals surface area (Å²) in [5, 5.41) is 4.11. The Morgan fingerprint density at radius 2 is 1.96 bits per heavy atom. The molecule has 0 unspecified atom stereocenters. The average molecular weight is 388 g/mol. The number of hydrogen-bond acceptors (Lipinski definition) is 5. The molecule has 0 fully saturated rings. The SMILES string of the molecule is O=C(/C=C/c1ccccc1OC(F)F)c1ccc(NC2=NCCCS2)cc1. The lowest BCUT2D eigenvalue weighted by molar-refractivity contribution is -0.0499. The van der Waals surface area contributed by atoms with Crippen LogP contribution >= 0.6 is 11.8 Å². The minimum atomic E-state index is -2.91. The van der Waals surface area contributed by atoms with Gasteiger partial charge >= 0.3 is 6.61 Å². The van der Waals surface area contributed by atoms with E-state index in [4.69, 9.17) is 0 Å². The number of halogens is 2. The summed E-state index contributed by atoms with van der Waals surface area (Å²) in [6, 6.07) is 13.4. The van der Waals surface area contributed by atoms with Gasteiger partial charge in [0.25, 0.3) is 0 Å². The minimum Gasteiger partial charge on any atom is -0.434 e. The third-order valence-corrected chi connectivity index (χ3v) is 4.76. The predicted molar refractivity (Wildman–Crippen MR) is 106 cm³/mol. The molecule has 7 heteroatoms. The molecule has 2 aromatic carbocycles. The number of ether oxygens (including phenoxy) is 1. The first-order valence-corrected chi connectivity index (χ1v) is 9.41. The molecular formula is C20H18F2N2O2S. The summed E-state index contributed by atoms with van der Waals surface area (Å²) in [6.45, 7) is -2.09. The Hall–Kier alpha value is -2.67. The highest BCUT2D eigenvalue weighted by Crippen LogP contribution is 2.22. The number of alkyl halides is 2. The number of allylic oxidation sites excluding steroid dienone is 1. The van der Waals surface area contributed by atoms with Gasteiger partial charge in [-0.15, -0.1) is 0 Å². The van der Waals surface area contributed by atoms with E-state index < -0.39 is 6.61 Å². The number of rotatable bonds is 6. The van der Waals surface area contributed by atoms with Gasteiger partial charge in [-0.25, -0.2) is 0 Å². The van der Waals surface area contributed by atoms with Crippen LogP contribution in [0.5, 0.6) is 5.75 Å². The minimum absolute atomic E-state index is 0.0295. The van der Waals surface area contributed by atoms with E-state index >= 15 is 0 Å². The quantitative estimate of drug-likeness (QED) is 0.553. The van der Waals surface area contributed by atoms with Crippen LogP contribution in [0, 0.1) is 0 Å². The number of hydrogen-bond donors (Lipinski definition) is 1. The largest absolute Gasteiger partial charge is 0.434 e. The van der Waals surface area contributed by atoms with Gasteiger partial charge in [0.15, 0.2) is 11.0 Å². The molecule has 1 N–H and O–H groups in total. The number of anilines is 1. The van der Waals surface area contributed by atoms with Crippen molar-refractivity contribution in [1.82, 2.24) is 0 Å². The molecule has 0 radical (unpaired) electrons. The number of amidine groups is 1. The molecule has 2 aromatic rings. The summed E-state index contributed by atoms with van der Waals surface area (Å²) < 4.78 is 29.3. The maximum absolute atomic E-state index is 12.4. The molecule has 0 spiro atoms. The van der Waals surface area contributed by atoms with Crippen LogP contribution in [-0.4, -0.2) is 29.9 Å². The predicted octanol–water partition coefficient (Wildman–Crippen LogP) is 5.09. The maximum Gasteiger partial charge on any atom is 0.387 e. The maximum atomic E-state index is 12.4. The molecule has 0 saturated carbocycles. The third-order valence-electron chi connectivity index (χ3n) is 3.77. The summed E-state index contributed by atoms with van der Waals surface area (Å²) in [5.41, 5.74) is 1.78. The first-order chi connectivity index (χ1) is 13.1. The van der Waals surface area contributed by atoms with Crippen molar-refractivity contribution in [3.05, 3.63) is 65.7 Å². The van der Waals surface area contributed by atoms with Crippen molar-refractivity contribution < 1.29 is 18.3 Å². The van der Waals surface area contributed by atoms with E-state index in [-0.39, 0.29) is 11.5 Å². The van der Waals surface area contributed by atoms with Gasteiger partial charge < -0.3 is 10.1 Å². The van der Waals surface area contributed by atoms with Gasteiger partial charge in [0.1, 0.15) is 5.75 Å². The van der Waals surface area contributed by atoms with Crippen molar-refractivity contribution in [2.24, 2.45) is 4.99 Å². The zero-order chi connectivity index (χ0) is 19.1. The summed E-state index contributed by atoms with van der Waals surface area (Å²) in [4.78, 5) is 16.7. The number of carbonyl (C=O) groups is 1. The standard InChI is InChI=1S/C20H18F2N2O2S/c21-19(22)26-18-5-2-1-4-15(18)8-11-17(25)14-6-9-16(10-7-14)24-20-23-12-3-13-27-20/h1-2,4-11,19H,3,12-13H2,(H,23,24)/b11-8+. The number of nitrogens with zero attached hydrogens (tertiary/aromatic N) is 1. The molecular weight excluding hydrogens is 370 g/mol. The van der Waals surface area contributed by atoms with Crippen molar-refractivity contribution in [2.45, 2.75) is 13.0 Å². The summed E-state index contributed by atoms with van der Waals surface area (Å²) in [6.07, 6.45) is 3.90. The van der Waals surface area contributed by atoms with E-state index in [9.17, 15) is 13.6 Å². The van der Waals surface area contributed by atoms with Gasteiger partial charge in [0, 0.05) is 29.1 Å². The Morgan fingerprint density at radius 3 is 2.67 bits per heavy atom. The molecule has 3 rings (SSSR count). The molecule has 0 aliphatic carbocycles. The number of thioether (sulfide) groups is 1. The fourth-order valence-corrected chi connectivity index (χ4v) is 3.30. The normalized spacial score (nSPS) is 14.3. The molecule has 27 heavy (non-hydrogen) atoms. The topological polar surface area (TPSA) is 50.7 Å². The number of ketones is 1. The fraction of sp³-hybridized carbons (Fsp3) is 0.200. The average Bonchev–Trinajstić information content (AvgIpc) is 2.68. The van der Waals surface area contributed by atoms with E-state index in [0.717, 1.165) is 29.6 Å². The van der Waals surface area contributed by atoms with E-state index in [1.165, 1.54) is 18.2 Å². The van der Waals surface area contributed by atoms with E-state index in [0.29, 0.717) is 11.1 Å². The number of aliphatic imine (C=N–C) groups is 1. The van der Waals surface area contributed by atoms with Gasteiger partial charge in [-0.2, -0.15) is 8.78 Å². The lowest BCUT2D eigenvalue weighted by Gasteiger charge is -2.13. The zero-order valence-electron chi connectivity index (χ0n) is 14.4. The molecule has 1 aliphatic heterocycles. The van der Waals surface area contributed by atoms with Crippen LogP contribution in [0.4, 0.5) is 14.5 Å².